The number of rotatable bonds is 2. The van der Waals surface area contributed by atoms with Gasteiger partial charge < -0.3 is 4.90 Å². The van der Waals surface area contributed by atoms with Crippen LogP contribution in [0, 0.1) is 35.5 Å². The molecular weight excluding hydrogens is 839 g/mol. The van der Waals surface area contributed by atoms with Crippen molar-refractivity contribution in [2.45, 2.75) is 113 Å². The first-order valence-electron chi connectivity index (χ1n) is 27.1. The Morgan fingerprint density at radius 3 is 1.51 bits per heavy atom. The molecule has 8 saturated carbocycles. The van der Waals surface area contributed by atoms with E-state index in [1.807, 2.05) is 0 Å². The fourth-order valence-electron chi connectivity index (χ4n) is 20.7. The van der Waals surface area contributed by atoms with Gasteiger partial charge in [-0.3, -0.25) is 0 Å². The fourth-order valence-corrected chi connectivity index (χ4v) is 20.7. The summed E-state index contributed by atoms with van der Waals surface area (Å²) in [5.41, 5.74) is 21.0. The van der Waals surface area contributed by atoms with Crippen LogP contribution in [-0.2, 0) is 21.9 Å². The van der Waals surface area contributed by atoms with E-state index in [9.17, 15) is 0 Å². The zero-order valence-corrected chi connectivity index (χ0v) is 39.7. The van der Waals surface area contributed by atoms with Gasteiger partial charge in [-0.05, 0) is 206 Å². The summed E-state index contributed by atoms with van der Waals surface area (Å²) >= 11 is 0. The lowest BCUT2D eigenvalue weighted by atomic mass is 9.48. The van der Waals surface area contributed by atoms with Crippen molar-refractivity contribution in [2.75, 3.05) is 4.90 Å². The van der Waals surface area contributed by atoms with E-state index in [0.29, 0.717) is 0 Å². The minimum Gasteiger partial charge on any atom is -0.308 e. The SMILES string of the molecule is CC1(C)c2ccccc2N2c3ccc4c5ccccc5n5c4c3C34c6c2c1cc1c2ccccc2n(c61)-c1cc(C26CC7CC(CC(C7)C2)C6)cc([n+]13)-c1cc(C23CC6CC(CC(C6)C2)C3)cc-5[n+]14. The smallest absolute Gasteiger partial charge is 0.308 e. The normalized spacial score (nSPS) is 32.6. The number of hydrogen-bond acceptors (Lipinski definition) is 1. The highest BCUT2D eigenvalue weighted by molar-refractivity contribution is 6.17. The zero-order valence-electron chi connectivity index (χ0n) is 39.7. The van der Waals surface area contributed by atoms with Gasteiger partial charge in [0.15, 0.2) is 22.4 Å². The van der Waals surface area contributed by atoms with E-state index in [2.05, 4.69) is 152 Å². The van der Waals surface area contributed by atoms with E-state index in [1.54, 1.807) is 11.1 Å². The molecule has 9 heterocycles. The van der Waals surface area contributed by atoms with Gasteiger partial charge in [0.1, 0.15) is 22.2 Å². The lowest BCUT2D eigenvalue weighted by molar-refractivity contribution is -0.934. The van der Waals surface area contributed by atoms with Crippen LogP contribution in [0.1, 0.15) is 124 Å². The maximum absolute atomic E-state index is 2.97. The van der Waals surface area contributed by atoms with E-state index in [1.165, 1.54) is 183 Å². The van der Waals surface area contributed by atoms with Crippen molar-refractivity contribution in [2.24, 2.45) is 35.5 Å². The van der Waals surface area contributed by atoms with Crippen molar-refractivity contribution < 1.29 is 9.13 Å². The molecule has 334 valence electrons. The maximum atomic E-state index is 2.97. The Morgan fingerprint density at radius 1 is 0.449 bits per heavy atom. The summed E-state index contributed by atoms with van der Waals surface area (Å²) in [7, 11) is 0. The molecule has 5 heteroatoms. The molecule has 0 amide bonds. The molecule has 8 fully saturated rings. The third kappa shape index (κ3) is 3.66. The van der Waals surface area contributed by atoms with Crippen LogP contribution in [0.25, 0.3) is 66.6 Å². The van der Waals surface area contributed by atoms with Crippen molar-refractivity contribution >= 4 is 60.7 Å². The lowest BCUT2D eigenvalue weighted by Gasteiger charge is -2.57. The van der Waals surface area contributed by atoms with Gasteiger partial charge in [-0.1, -0.05) is 56.3 Å². The van der Waals surface area contributed by atoms with Gasteiger partial charge in [0.2, 0.25) is 0 Å². The average molecular weight is 894 g/mol. The van der Waals surface area contributed by atoms with Crippen LogP contribution in [-0.4, -0.2) is 9.13 Å². The second kappa shape index (κ2) is 10.9. The molecule has 8 bridgehead atoms. The summed E-state index contributed by atoms with van der Waals surface area (Å²) in [5, 5.41) is 5.51. The summed E-state index contributed by atoms with van der Waals surface area (Å²) in [5.74, 6) is 7.99. The number of benzene rings is 5. The van der Waals surface area contributed by atoms with Crippen molar-refractivity contribution in [1.82, 2.24) is 9.13 Å². The van der Waals surface area contributed by atoms with Crippen molar-refractivity contribution in [3.63, 3.8) is 0 Å². The first kappa shape index (κ1) is 35.8. The highest BCUT2D eigenvalue weighted by Gasteiger charge is 2.71. The molecule has 0 N–H and O–H groups in total. The van der Waals surface area contributed by atoms with Crippen LogP contribution in [0.15, 0.2) is 115 Å². The molecule has 1 atom stereocenters. The molecule has 0 saturated heterocycles. The zero-order chi connectivity index (χ0) is 44.4. The Morgan fingerprint density at radius 2 is 0.942 bits per heavy atom. The van der Waals surface area contributed by atoms with E-state index in [0.717, 1.165) is 35.5 Å². The second-order valence-electron chi connectivity index (χ2n) is 25.8. The first-order chi connectivity index (χ1) is 33.8. The van der Waals surface area contributed by atoms with E-state index in [-0.39, 0.29) is 16.2 Å². The Bertz CT molecular complexity index is 3950. The Labute approximate surface area is 402 Å². The lowest BCUT2D eigenvalue weighted by Crippen LogP contribution is -2.76. The molecule has 1 unspecified atom stereocenters. The van der Waals surface area contributed by atoms with E-state index in [4.69, 9.17) is 0 Å². The van der Waals surface area contributed by atoms with Crippen molar-refractivity contribution in [3.05, 3.63) is 149 Å². The van der Waals surface area contributed by atoms with Gasteiger partial charge in [-0.2, -0.15) is 18.3 Å². The quantitative estimate of drug-likeness (QED) is 0.158. The number of anilines is 3. The van der Waals surface area contributed by atoms with Crippen LogP contribution in [0.4, 0.5) is 17.1 Å². The molecule has 5 aromatic carbocycles. The number of nitrogens with zero attached hydrogens (tertiary/aromatic N) is 5. The molecular formula is C64H55N5+2. The van der Waals surface area contributed by atoms with Gasteiger partial charge in [0.25, 0.3) is 11.6 Å². The molecule has 0 radical (unpaired) electrons. The molecule has 8 aliphatic carbocycles. The number of fused-ring (bicyclic) bond motifs is 12. The molecule has 5 aliphatic heterocycles. The molecule has 13 aliphatic rings. The highest BCUT2D eigenvalue weighted by atomic mass is 15.4. The van der Waals surface area contributed by atoms with Crippen LogP contribution in [0.5, 0.6) is 0 Å². The monoisotopic (exact) mass is 893 g/mol. The molecule has 4 aromatic heterocycles. The van der Waals surface area contributed by atoms with Crippen molar-refractivity contribution in [1.29, 1.82) is 0 Å². The third-order valence-electron chi connectivity index (χ3n) is 22.2. The van der Waals surface area contributed by atoms with Crippen LogP contribution < -0.4 is 14.0 Å². The van der Waals surface area contributed by atoms with Gasteiger partial charge in [0, 0.05) is 39.1 Å². The standard InChI is InChI=1S/C64H55N5/c1-61(2)46-11-5-8-14-50(46)65-51-16-15-44-42-9-3-6-12-48(42)66-54-25-40(62-28-34-17-35(29-62)19-36(18-34)30-62)23-52-53-24-41(63-31-37-20-38(32-63)22-39(21-37)33-63)26-55-67-49-13-7-4-10-43(49)45-27-47(61)60(65)57(59(45)67)64(68(52)54,69(53)55)56(51)58(44)66/h3-16,23-27,34-39H,17-22,28-33H2,1-2H3/q+2. The number of hydrogen-bond donors (Lipinski definition) is 0. The maximum Gasteiger partial charge on any atom is 0.319 e. The Kier molecular flexibility index (Phi) is 5.66. The molecule has 9 aromatic rings. The Balaban J connectivity index is 1.04. The van der Waals surface area contributed by atoms with Gasteiger partial charge >= 0.3 is 5.66 Å². The first-order valence-corrected chi connectivity index (χ1v) is 27.1. The molecule has 69 heavy (non-hydrogen) atoms. The summed E-state index contributed by atoms with van der Waals surface area (Å²) in [6.07, 6.45) is 16.9. The van der Waals surface area contributed by atoms with Crippen LogP contribution in [0.3, 0.4) is 0 Å². The number of para-hydroxylation sites is 3. The predicted octanol–water partition coefficient (Wildman–Crippen LogP) is 13.7. The van der Waals surface area contributed by atoms with Crippen LogP contribution >= 0.6 is 0 Å². The highest BCUT2D eigenvalue weighted by Crippen LogP contribution is 2.68. The molecule has 1 spiro atoms. The predicted molar refractivity (Wildman–Crippen MR) is 273 cm³/mol. The van der Waals surface area contributed by atoms with Crippen molar-refractivity contribution in [3.8, 4) is 23.0 Å². The van der Waals surface area contributed by atoms with E-state index < -0.39 is 5.66 Å². The summed E-state index contributed by atoms with van der Waals surface area (Å²) < 4.78 is 11.5. The molecule has 22 rings (SSSR count). The minimum atomic E-state index is -0.651. The summed E-state index contributed by atoms with van der Waals surface area (Å²) in [6, 6.07) is 47.2. The number of pyridine rings is 2. The second-order valence-corrected chi connectivity index (χ2v) is 25.8. The minimum absolute atomic E-state index is 0.231. The van der Waals surface area contributed by atoms with Gasteiger partial charge in [-0.15, -0.1) is 0 Å². The largest absolute Gasteiger partial charge is 0.319 e. The third-order valence-corrected chi connectivity index (χ3v) is 22.2. The van der Waals surface area contributed by atoms with Gasteiger partial charge in [0.05, 0.1) is 17.1 Å². The summed E-state index contributed by atoms with van der Waals surface area (Å²) in [4.78, 5) is 2.75. The average Bonchev–Trinajstić information content (AvgIpc) is 3.98. The summed E-state index contributed by atoms with van der Waals surface area (Å²) in [6.45, 7) is 5.02. The van der Waals surface area contributed by atoms with E-state index >= 15 is 0 Å². The van der Waals surface area contributed by atoms with Crippen LogP contribution in [0.2, 0.25) is 0 Å². The Hall–Kier alpha value is -6.20. The fraction of sp³-hybridized carbons (Fsp3) is 0.375. The number of aromatic nitrogens is 4. The molecule has 5 nitrogen and oxygen atoms in total. The topological polar surface area (TPSA) is 20.9 Å². The van der Waals surface area contributed by atoms with Gasteiger partial charge in [-0.25, -0.2) is 0 Å².